The number of aromatic nitrogens is 2. The van der Waals surface area contributed by atoms with Gasteiger partial charge in [0, 0.05) is 19.5 Å². The maximum atomic E-state index is 12.5. The highest BCUT2D eigenvalue weighted by atomic mass is 16.5. The Morgan fingerprint density at radius 2 is 1.64 bits per heavy atom. The minimum absolute atomic E-state index is 0.0761. The molecule has 7 nitrogen and oxygen atoms in total. The van der Waals surface area contributed by atoms with E-state index in [1.165, 1.54) is 5.56 Å². The van der Waals surface area contributed by atoms with E-state index in [1.54, 1.807) is 43.1 Å². The van der Waals surface area contributed by atoms with E-state index in [0.29, 0.717) is 36.2 Å². The van der Waals surface area contributed by atoms with Gasteiger partial charge in [0.2, 0.25) is 11.7 Å². The van der Waals surface area contributed by atoms with E-state index in [9.17, 15) is 4.79 Å². The third-order valence-electron chi connectivity index (χ3n) is 4.10. The van der Waals surface area contributed by atoms with Crippen LogP contribution in [0.15, 0.2) is 53.1 Å². The molecule has 0 saturated heterocycles. The Morgan fingerprint density at radius 1 is 1.00 bits per heavy atom. The molecular weight excluding hydrogens is 358 g/mol. The van der Waals surface area contributed by atoms with Crippen LogP contribution < -0.4 is 9.47 Å². The van der Waals surface area contributed by atoms with E-state index >= 15 is 0 Å². The van der Waals surface area contributed by atoms with Gasteiger partial charge in [0.15, 0.2) is 6.61 Å². The normalized spacial score (nSPS) is 10.5. The van der Waals surface area contributed by atoms with Crippen LogP contribution in [0.25, 0.3) is 0 Å². The first kappa shape index (κ1) is 19.4. The number of carbonyl (C=O) groups is 1. The molecule has 1 heterocycles. The van der Waals surface area contributed by atoms with Gasteiger partial charge in [-0.05, 0) is 43.3 Å². The molecule has 1 aromatic heterocycles. The molecule has 3 rings (SSSR count). The topological polar surface area (TPSA) is 77.7 Å². The zero-order chi connectivity index (χ0) is 19.9. The highest BCUT2D eigenvalue weighted by Gasteiger charge is 2.12. The molecule has 146 valence electrons. The van der Waals surface area contributed by atoms with Crippen molar-refractivity contribution in [1.82, 2.24) is 15.0 Å². The van der Waals surface area contributed by atoms with Crippen LogP contribution in [-0.2, 0) is 6.61 Å². The molecule has 1 amide bonds. The zero-order valence-corrected chi connectivity index (χ0v) is 16.2. The summed E-state index contributed by atoms with van der Waals surface area (Å²) < 4.78 is 16.2. The Balaban J connectivity index is 1.46. The van der Waals surface area contributed by atoms with Gasteiger partial charge >= 0.3 is 0 Å². The van der Waals surface area contributed by atoms with Crippen molar-refractivity contribution >= 4 is 5.91 Å². The zero-order valence-electron chi connectivity index (χ0n) is 16.2. The average Bonchev–Trinajstić information content (AvgIpc) is 3.13. The first-order valence-corrected chi connectivity index (χ1v) is 8.98. The second-order valence-corrected chi connectivity index (χ2v) is 6.43. The monoisotopic (exact) mass is 381 g/mol. The first-order chi connectivity index (χ1) is 13.5. The van der Waals surface area contributed by atoms with Gasteiger partial charge in [-0.3, -0.25) is 4.79 Å². The highest BCUT2D eigenvalue weighted by molar-refractivity contribution is 5.94. The molecule has 0 fully saturated rings. The number of benzene rings is 2. The van der Waals surface area contributed by atoms with Crippen molar-refractivity contribution in [3.63, 3.8) is 0 Å². The number of hydrogen-bond donors (Lipinski definition) is 0. The van der Waals surface area contributed by atoms with Gasteiger partial charge in [0.25, 0.3) is 5.91 Å². The quantitative estimate of drug-likeness (QED) is 0.595. The fraction of sp³-hybridized carbons (Fsp3) is 0.286. The van der Waals surface area contributed by atoms with Gasteiger partial charge in [-0.25, -0.2) is 0 Å². The lowest BCUT2D eigenvalue weighted by atomic mass is 10.2. The van der Waals surface area contributed by atoms with Gasteiger partial charge in [-0.1, -0.05) is 22.9 Å². The molecule has 0 N–H and O–H groups in total. The second-order valence-electron chi connectivity index (χ2n) is 6.43. The molecule has 3 aromatic rings. The Kier molecular flexibility index (Phi) is 6.26. The lowest BCUT2D eigenvalue weighted by molar-refractivity contribution is 0.0773. The van der Waals surface area contributed by atoms with Crippen molar-refractivity contribution in [2.24, 2.45) is 0 Å². The third kappa shape index (κ3) is 5.33. The summed E-state index contributed by atoms with van der Waals surface area (Å²) in [5, 5.41) is 3.77. The Morgan fingerprint density at radius 3 is 2.29 bits per heavy atom. The van der Waals surface area contributed by atoms with Gasteiger partial charge in [-0.15, -0.1) is 0 Å². The molecule has 0 aliphatic carbocycles. The van der Waals surface area contributed by atoms with E-state index in [0.717, 1.165) is 5.75 Å². The van der Waals surface area contributed by atoms with Crippen LogP contribution in [0.5, 0.6) is 11.5 Å². The number of nitrogens with zero attached hydrogens (tertiary/aromatic N) is 3. The molecule has 0 aliphatic rings. The molecule has 2 aromatic carbocycles. The summed E-state index contributed by atoms with van der Waals surface area (Å²) in [5.74, 6) is 2.32. The molecule has 0 radical (unpaired) electrons. The van der Waals surface area contributed by atoms with Gasteiger partial charge in [0.05, 0.1) is 6.54 Å². The first-order valence-electron chi connectivity index (χ1n) is 8.98. The van der Waals surface area contributed by atoms with E-state index in [4.69, 9.17) is 14.0 Å². The molecule has 0 saturated carbocycles. The second kappa shape index (κ2) is 9.03. The Bertz CT molecular complexity index is 904. The van der Waals surface area contributed by atoms with Gasteiger partial charge < -0.3 is 18.9 Å². The largest absolute Gasteiger partial charge is 0.492 e. The standard InChI is InChI=1S/C21H23N3O4/c1-15-4-8-18(9-5-15)26-13-12-24(3)21(25)17-6-10-19(11-7-17)27-14-20-22-16(2)28-23-20/h4-11H,12-14H2,1-3H3. The van der Waals surface area contributed by atoms with Crippen molar-refractivity contribution < 1.29 is 18.8 Å². The fourth-order valence-electron chi connectivity index (χ4n) is 2.50. The SMILES string of the molecule is Cc1ccc(OCCN(C)C(=O)c2ccc(OCc3noc(C)n3)cc2)cc1. The highest BCUT2D eigenvalue weighted by Crippen LogP contribution is 2.15. The summed E-state index contributed by atoms with van der Waals surface area (Å²) in [5.41, 5.74) is 1.76. The van der Waals surface area contributed by atoms with E-state index in [-0.39, 0.29) is 12.5 Å². The number of aryl methyl sites for hydroxylation is 2. The number of amides is 1. The van der Waals surface area contributed by atoms with Crippen LogP contribution in [0.3, 0.4) is 0 Å². The van der Waals surface area contributed by atoms with Crippen molar-refractivity contribution in [2.75, 3.05) is 20.2 Å². The molecule has 0 aliphatic heterocycles. The van der Waals surface area contributed by atoms with Crippen LogP contribution in [0, 0.1) is 13.8 Å². The van der Waals surface area contributed by atoms with Crippen LogP contribution in [0.4, 0.5) is 0 Å². The fourth-order valence-corrected chi connectivity index (χ4v) is 2.50. The number of ether oxygens (including phenoxy) is 2. The van der Waals surface area contributed by atoms with E-state index < -0.39 is 0 Å². The summed E-state index contributed by atoms with van der Waals surface area (Å²) in [6.45, 7) is 4.87. The smallest absolute Gasteiger partial charge is 0.253 e. The van der Waals surface area contributed by atoms with Crippen LogP contribution in [0.1, 0.15) is 27.6 Å². The van der Waals surface area contributed by atoms with Crippen molar-refractivity contribution in [3.8, 4) is 11.5 Å². The predicted octanol–water partition coefficient (Wildman–Crippen LogP) is 3.42. The van der Waals surface area contributed by atoms with Crippen LogP contribution in [0.2, 0.25) is 0 Å². The maximum Gasteiger partial charge on any atom is 0.253 e. The molecule has 0 atom stereocenters. The van der Waals surface area contributed by atoms with Crippen molar-refractivity contribution in [1.29, 1.82) is 0 Å². The van der Waals surface area contributed by atoms with Crippen LogP contribution >= 0.6 is 0 Å². The van der Waals surface area contributed by atoms with Crippen LogP contribution in [-0.4, -0.2) is 41.1 Å². The molecular formula is C21H23N3O4. The molecule has 0 bridgehead atoms. The lowest BCUT2D eigenvalue weighted by Gasteiger charge is -2.18. The van der Waals surface area contributed by atoms with Gasteiger partial charge in [0.1, 0.15) is 18.1 Å². The minimum atomic E-state index is -0.0761. The number of carbonyl (C=O) groups excluding carboxylic acids is 1. The lowest BCUT2D eigenvalue weighted by Crippen LogP contribution is -2.30. The van der Waals surface area contributed by atoms with Crippen molar-refractivity contribution in [2.45, 2.75) is 20.5 Å². The maximum absolute atomic E-state index is 12.5. The summed E-state index contributed by atoms with van der Waals surface area (Å²) in [7, 11) is 1.75. The number of rotatable bonds is 8. The summed E-state index contributed by atoms with van der Waals surface area (Å²) in [6.07, 6.45) is 0. The average molecular weight is 381 g/mol. The van der Waals surface area contributed by atoms with E-state index in [2.05, 4.69) is 10.1 Å². The summed E-state index contributed by atoms with van der Waals surface area (Å²) in [6, 6.07) is 14.8. The minimum Gasteiger partial charge on any atom is -0.492 e. The van der Waals surface area contributed by atoms with Crippen molar-refractivity contribution in [3.05, 3.63) is 71.4 Å². The molecule has 7 heteroatoms. The van der Waals surface area contributed by atoms with Gasteiger partial charge in [-0.2, -0.15) is 4.98 Å². The van der Waals surface area contributed by atoms with E-state index in [1.807, 2.05) is 31.2 Å². The predicted molar refractivity (Wildman–Crippen MR) is 103 cm³/mol. The summed E-state index contributed by atoms with van der Waals surface area (Å²) >= 11 is 0. The molecule has 0 unspecified atom stereocenters. The Labute approximate surface area is 163 Å². The molecule has 28 heavy (non-hydrogen) atoms. The summed E-state index contributed by atoms with van der Waals surface area (Å²) in [4.78, 5) is 18.2. The molecule has 0 spiro atoms. The Hall–Kier alpha value is -3.35. The third-order valence-corrected chi connectivity index (χ3v) is 4.10. The number of hydrogen-bond acceptors (Lipinski definition) is 6. The number of likely N-dealkylation sites (N-methyl/N-ethyl adjacent to an activating group) is 1.